The molecule has 7 heteroatoms. The predicted octanol–water partition coefficient (Wildman–Crippen LogP) is 5.67. The van der Waals surface area contributed by atoms with Gasteiger partial charge in [0.25, 0.3) is 5.91 Å². The van der Waals surface area contributed by atoms with E-state index in [1.165, 1.54) is 0 Å². The number of carbonyl (C=O) groups excluding carboxylic acids is 1. The van der Waals surface area contributed by atoms with Crippen molar-refractivity contribution in [1.82, 2.24) is 14.8 Å². The van der Waals surface area contributed by atoms with E-state index in [0.29, 0.717) is 11.5 Å². The summed E-state index contributed by atoms with van der Waals surface area (Å²) in [5.41, 5.74) is 3.12. The number of nitrogens with zero attached hydrogens (tertiary/aromatic N) is 3. The van der Waals surface area contributed by atoms with Crippen LogP contribution in [0.25, 0.3) is 11.0 Å². The van der Waals surface area contributed by atoms with Gasteiger partial charge in [-0.3, -0.25) is 4.79 Å². The molecule has 134 valence electrons. The van der Waals surface area contributed by atoms with Gasteiger partial charge in [0.1, 0.15) is 0 Å². The normalized spacial score (nSPS) is 14.2. The van der Waals surface area contributed by atoms with Crippen molar-refractivity contribution in [2.45, 2.75) is 38.6 Å². The number of halogens is 2. The topological polar surface area (TPSA) is 59.8 Å². The van der Waals surface area contributed by atoms with Crippen LogP contribution in [0.15, 0.2) is 39.4 Å². The molecular formula is C19H18Br2N4O. The van der Waals surface area contributed by atoms with Crippen molar-refractivity contribution in [2.75, 3.05) is 5.32 Å². The Morgan fingerprint density at radius 3 is 2.69 bits per heavy atom. The van der Waals surface area contributed by atoms with Crippen LogP contribution in [0.1, 0.15) is 54.7 Å². The average molecular weight is 478 g/mol. The van der Waals surface area contributed by atoms with Gasteiger partial charge in [0, 0.05) is 26.6 Å². The number of carbonyl (C=O) groups is 1. The molecule has 1 saturated carbocycles. The van der Waals surface area contributed by atoms with E-state index in [9.17, 15) is 4.79 Å². The number of pyridine rings is 1. The minimum Gasteiger partial charge on any atom is -0.321 e. The van der Waals surface area contributed by atoms with Gasteiger partial charge in [0.2, 0.25) is 0 Å². The Kier molecular flexibility index (Phi) is 4.61. The second kappa shape index (κ2) is 6.78. The zero-order valence-electron chi connectivity index (χ0n) is 14.5. The van der Waals surface area contributed by atoms with Crippen LogP contribution in [0.3, 0.4) is 0 Å². The third-order valence-corrected chi connectivity index (χ3v) is 5.64. The molecule has 0 radical (unpaired) electrons. The number of rotatable bonds is 4. The van der Waals surface area contributed by atoms with Gasteiger partial charge < -0.3 is 5.32 Å². The molecular weight excluding hydrogens is 460 g/mol. The summed E-state index contributed by atoms with van der Waals surface area (Å²) in [5, 5.41) is 8.24. The van der Waals surface area contributed by atoms with E-state index in [2.05, 4.69) is 56.1 Å². The van der Waals surface area contributed by atoms with E-state index in [4.69, 9.17) is 4.98 Å². The number of anilines is 1. The molecule has 0 spiro atoms. The molecule has 1 N–H and O–H groups in total. The summed E-state index contributed by atoms with van der Waals surface area (Å²) in [6, 6.07) is 7.78. The Morgan fingerprint density at radius 2 is 2.04 bits per heavy atom. The number of amides is 1. The van der Waals surface area contributed by atoms with Gasteiger partial charge in [-0.25, -0.2) is 9.67 Å². The highest BCUT2D eigenvalue weighted by Gasteiger charge is 2.28. The summed E-state index contributed by atoms with van der Waals surface area (Å²) in [6.45, 7) is 4.13. The Balaban J connectivity index is 1.78. The highest BCUT2D eigenvalue weighted by molar-refractivity contribution is 9.11. The van der Waals surface area contributed by atoms with Gasteiger partial charge in [-0.2, -0.15) is 5.10 Å². The Bertz CT molecular complexity index is 1010. The fourth-order valence-electron chi connectivity index (χ4n) is 2.97. The largest absolute Gasteiger partial charge is 0.321 e. The first-order valence-corrected chi connectivity index (χ1v) is 10.2. The number of fused-ring (bicyclic) bond motifs is 1. The first-order valence-electron chi connectivity index (χ1n) is 8.58. The summed E-state index contributed by atoms with van der Waals surface area (Å²) in [4.78, 5) is 17.8. The monoisotopic (exact) mass is 476 g/mol. The zero-order valence-corrected chi connectivity index (χ0v) is 17.6. The maximum Gasteiger partial charge on any atom is 0.256 e. The molecule has 5 nitrogen and oxygen atoms in total. The van der Waals surface area contributed by atoms with E-state index in [1.54, 1.807) is 6.20 Å². The second-order valence-electron chi connectivity index (χ2n) is 6.87. The summed E-state index contributed by atoms with van der Waals surface area (Å²) in [6.07, 6.45) is 4.01. The highest BCUT2D eigenvalue weighted by atomic mass is 79.9. The van der Waals surface area contributed by atoms with Gasteiger partial charge in [-0.1, -0.05) is 15.9 Å². The summed E-state index contributed by atoms with van der Waals surface area (Å²) < 4.78 is 3.65. The number of hydrogen-bond acceptors (Lipinski definition) is 3. The molecule has 1 amide bonds. The van der Waals surface area contributed by atoms with E-state index in [0.717, 1.165) is 44.2 Å². The van der Waals surface area contributed by atoms with Gasteiger partial charge in [-0.15, -0.1) is 0 Å². The maximum absolute atomic E-state index is 13.0. The van der Waals surface area contributed by atoms with Crippen molar-refractivity contribution < 1.29 is 4.79 Å². The molecule has 0 atom stereocenters. The fourth-order valence-corrected chi connectivity index (χ4v) is 4.12. The van der Waals surface area contributed by atoms with Crippen LogP contribution in [0, 0.1) is 0 Å². The van der Waals surface area contributed by atoms with Crippen LogP contribution in [-0.4, -0.2) is 20.7 Å². The fraction of sp³-hybridized carbons (Fsp3) is 0.316. The lowest BCUT2D eigenvalue weighted by atomic mass is 10.1. The zero-order chi connectivity index (χ0) is 18.4. The molecule has 1 aliphatic rings. The van der Waals surface area contributed by atoms with E-state index >= 15 is 0 Å². The summed E-state index contributed by atoms with van der Waals surface area (Å²) >= 11 is 6.92. The number of benzene rings is 1. The quantitative estimate of drug-likeness (QED) is 0.526. The van der Waals surface area contributed by atoms with Crippen LogP contribution >= 0.6 is 31.9 Å². The third kappa shape index (κ3) is 3.30. The minimum atomic E-state index is -0.148. The van der Waals surface area contributed by atoms with Crippen LogP contribution in [-0.2, 0) is 0 Å². The van der Waals surface area contributed by atoms with Gasteiger partial charge >= 0.3 is 0 Å². The van der Waals surface area contributed by atoms with Crippen LogP contribution in [0.4, 0.5) is 5.69 Å². The van der Waals surface area contributed by atoms with Crippen molar-refractivity contribution in [3.05, 3.63) is 50.7 Å². The second-order valence-corrected chi connectivity index (χ2v) is 8.64. The lowest BCUT2D eigenvalue weighted by Crippen LogP contribution is -2.14. The molecule has 0 unspecified atom stereocenters. The smallest absolute Gasteiger partial charge is 0.256 e. The average Bonchev–Trinajstić information content (AvgIpc) is 3.35. The van der Waals surface area contributed by atoms with Gasteiger partial charge in [0.05, 0.1) is 22.8 Å². The summed E-state index contributed by atoms with van der Waals surface area (Å²) in [7, 11) is 0. The number of hydrogen-bond donors (Lipinski definition) is 1. The Morgan fingerprint density at radius 1 is 1.27 bits per heavy atom. The summed E-state index contributed by atoms with van der Waals surface area (Å²) in [5.74, 6) is 0.312. The predicted molar refractivity (Wildman–Crippen MR) is 110 cm³/mol. The third-order valence-electron chi connectivity index (χ3n) is 4.50. The number of nitrogens with one attached hydrogen (secondary N) is 1. The molecule has 1 fully saturated rings. The van der Waals surface area contributed by atoms with E-state index in [1.807, 2.05) is 28.9 Å². The van der Waals surface area contributed by atoms with Crippen molar-refractivity contribution in [1.29, 1.82) is 0 Å². The number of aromatic nitrogens is 3. The Labute approximate surface area is 168 Å². The lowest BCUT2D eigenvalue weighted by molar-refractivity contribution is 0.102. The SMILES string of the molecule is CC(C)n1ncc2c(C(=O)Nc3ccc(Br)cc3Br)cc(C3CC3)nc21. The van der Waals surface area contributed by atoms with Crippen molar-refractivity contribution in [3.8, 4) is 0 Å². The van der Waals surface area contributed by atoms with Gasteiger partial charge in [-0.05, 0) is 66.9 Å². The molecule has 3 aromatic rings. The van der Waals surface area contributed by atoms with Crippen LogP contribution in [0.5, 0.6) is 0 Å². The molecule has 1 aliphatic carbocycles. The molecule has 4 rings (SSSR count). The molecule has 1 aromatic carbocycles. The molecule has 2 aromatic heterocycles. The highest BCUT2D eigenvalue weighted by Crippen LogP contribution is 2.40. The van der Waals surface area contributed by atoms with Crippen LogP contribution < -0.4 is 5.32 Å². The first-order chi connectivity index (χ1) is 12.4. The Hall–Kier alpha value is -1.73. The van der Waals surface area contributed by atoms with Crippen molar-refractivity contribution in [2.24, 2.45) is 0 Å². The molecule has 2 heterocycles. The first kappa shape index (κ1) is 17.7. The van der Waals surface area contributed by atoms with E-state index < -0.39 is 0 Å². The van der Waals surface area contributed by atoms with Crippen LogP contribution in [0.2, 0.25) is 0 Å². The minimum absolute atomic E-state index is 0.148. The lowest BCUT2D eigenvalue weighted by Gasteiger charge is -2.11. The molecule has 26 heavy (non-hydrogen) atoms. The van der Waals surface area contributed by atoms with Crippen molar-refractivity contribution >= 4 is 54.5 Å². The molecule has 0 aliphatic heterocycles. The standard InChI is InChI=1S/C19H18Br2N4O/c1-10(2)25-18-14(9-22-25)13(8-17(23-18)11-3-4-11)19(26)24-16-6-5-12(20)7-15(16)21/h5-11H,3-4H2,1-2H3,(H,24,26). The molecule has 0 saturated heterocycles. The maximum atomic E-state index is 13.0. The molecule has 0 bridgehead atoms. The van der Waals surface area contributed by atoms with Gasteiger partial charge in [0.15, 0.2) is 5.65 Å². The van der Waals surface area contributed by atoms with Crippen molar-refractivity contribution in [3.63, 3.8) is 0 Å². The van der Waals surface area contributed by atoms with E-state index in [-0.39, 0.29) is 11.9 Å².